The van der Waals surface area contributed by atoms with Gasteiger partial charge in [-0.25, -0.2) is 9.78 Å². The fourth-order valence-electron chi connectivity index (χ4n) is 2.66. The summed E-state index contributed by atoms with van der Waals surface area (Å²) in [7, 11) is 0. The van der Waals surface area contributed by atoms with Gasteiger partial charge in [0.2, 0.25) is 0 Å². The van der Waals surface area contributed by atoms with Gasteiger partial charge in [-0.1, -0.05) is 12.8 Å². The second-order valence-electron chi connectivity index (χ2n) is 5.97. The number of hydrogen-bond acceptors (Lipinski definition) is 4. The molecule has 0 aliphatic rings. The minimum absolute atomic E-state index is 0.340. The lowest BCUT2D eigenvalue weighted by molar-refractivity contribution is 0.304. The lowest BCUT2D eigenvalue weighted by Gasteiger charge is -2.07. The molecule has 126 valence electrons. The molecule has 1 aromatic carbocycles. The Bertz CT molecular complexity index is 851. The number of nitrogens with zero attached hydrogens (tertiary/aromatic N) is 2. The molecular weight excluding hydrogens is 304 g/mol. The molecule has 2 heterocycles. The third-order valence-corrected chi connectivity index (χ3v) is 3.94. The number of aryl methyl sites for hydroxylation is 2. The van der Waals surface area contributed by atoms with Crippen molar-refractivity contribution in [3.8, 4) is 5.75 Å². The highest BCUT2D eigenvalue weighted by Gasteiger charge is 2.01. The second kappa shape index (κ2) is 7.81. The van der Waals surface area contributed by atoms with Gasteiger partial charge in [0.05, 0.1) is 18.6 Å². The molecule has 0 N–H and O–H groups in total. The van der Waals surface area contributed by atoms with E-state index in [1.54, 1.807) is 12.1 Å². The summed E-state index contributed by atoms with van der Waals surface area (Å²) in [5, 5.41) is 0.900. The van der Waals surface area contributed by atoms with Gasteiger partial charge in [0.25, 0.3) is 0 Å². The van der Waals surface area contributed by atoms with Crippen LogP contribution in [-0.2, 0) is 6.54 Å². The lowest BCUT2D eigenvalue weighted by atomic mass is 10.2. The molecule has 3 rings (SSSR count). The fourth-order valence-corrected chi connectivity index (χ4v) is 2.66. The lowest BCUT2D eigenvalue weighted by Crippen LogP contribution is -1.99. The van der Waals surface area contributed by atoms with Crippen molar-refractivity contribution in [2.75, 3.05) is 6.61 Å². The van der Waals surface area contributed by atoms with E-state index in [0.717, 1.165) is 42.6 Å². The number of rotatable bonds is 8. The van der Waals surface area contributed by atoms with Crippen LogP contribution in [0, 0.1) is 6.92 Å². The van der Waals surface area contributed by atoms with Crippen LogP contribution in [0.3, 0.4) is 0 Å². The van der Waals surface area contributed by atoms with Crippen LogP contribution < -0.4 is 10.4 Å². The molecule has 0 bridgehead atoms. The number of aromatic nitrogens is 2. The van der Waals surface area contributed by atoms with Gasteiger partial charge in [0.15, 0.2) is 0 Å². The Balaban J connectivity index is 1.36. The monoisotopic (exact) mass is 326 g/mol. The third kappa shape index (κ3) is 4.47. The summed E-state index contributed by atoms with van der Waals surface area (Å²) in [6, 6.07) is 8.77. The maximum absolute atomic E-state index is 11.2. The largest absolute Gasteiger partial charge is 0.493 e. The molecule has 0 saturated heterocycles. The molecule has 3 aromatic rings. The van der Waals surface area contributed by atoms with Gasteiger partial charge in [-0.05, 0) is 38.0 Å². The van der Waals surface area contributed by atoms with Gasteiger partial charge < -0.3 is 13.7 Å². The molecule has 0 radical (unpaired) electrons. The molecule has 24 heavy (non-hydrogen) atoms. The van der Waals surface area contributed by atoms with Crippen molar-refractivity contribution in [2.45, 2.75) is 39.2 Å². The number of unbranched alkanes of at least 4 members (excludes halogenated alkanes) is 3. The molecule has 0 amide bonds. The maximum Gasteiger partial charge on any atom is 0.336 e. The molecule has 0 atom stereocenters. The average Bonchev–Trinajstić information content (AvgIpc) is 2.99. The molecule has 0 fully saturated rings. The fraction of sp³-hybridized carbons (Fsp3) is 0.368. The van der Waals surface area contributed by atoms with E-state index in [0.29, 0.717) is 12.2 Å². The zero-order valence-corrected chi connectivity index (χ0v) is 13.9. The highest BCUT2D eigenvalue weighted by molar-refractivity contribution is 5.77. The molecule has 0 saturated carbocycles. The first-order chi connectivity index (χ1) is 11.7. The Morgan fingerprint density at radius 1 is 1.12 bits per heavy atom. The Morgan fingerprint density at radius 2 is 1.96 bits per heavy atom. The summed E-state index contributed by atoms with van der Waals surface area (Å²) in [6.45, 7) is 3.70. The van der Waals surface area contributed by atoms with Gasteiger partial charge >= 0.3 is 5.63 Å². The quantitative estimate of drug-likeness (QED) is 0.465. The van der Waals surface area contributed by atoms with Crippen LogP contribution in [-0.4, -0.2) is 16.2 Å². The predicted molar refractivity (Wildman–Crippen MR) is 93.4 cm³/mol. The molecule has 0 aliphatic carbocycles. The van der Waals surface area contributed by atoms with Crippen molar-refractivity contribution in [1.82, 2.24) is 9.55 Å². The second-order valence-corrected chi connectivity index (χ2v) is 5.97. The van der Waals surface area contributed by atoms with E-state index < -0.39 is 0 Å². The number of benzene rings is 1. The molecule has 5 heteroatoms. The molecular formula is C19H22N2O3. The standard InChI is InChI=1S/C19H22N2O3/c1-15-13-21(14-20-15)10-4-2-3-5-11-23-17-8-6-16-7-9-19(22)24-18(16)12-17/h6-9,12-14H,2-5,10-11H2,1H3. The van der Waals surface area contributed by atoms with Crippen LogP contribution in [0.1, 0.15) is 31.4 Å². The smallest absolute Gasteiger partial charge is 0.336 e. The van der Waals surface area contributed by atoms with Gasteiger partial charge in [0.1, 0.15) is 11.3 Å². The van der Waals surface area contributed by atoms with Crippen LogP contribution in [0.25, 0.3) is 11.0 Å². The summed E-state index contributed by atoms with van der Waals surface area (Å²) in [5.74, 6) is 0.741. The Kier molecular flexibility index (Phi) is 5.31. The van der Waals surface area contributed by atoms with Gasteiger partial charge in [-0.15, -0.1) is 0 Å². The first-order valence-corrected chi connectivity index (χ1v) is 8.36. The predicted octanol–water partition coefficient (Wildman–Crippen LogP) is 3.94. The SMILES string of the molecule is Cc1cn(CCCCCCOc2ccc3ccc(=O)oc3c2)cn1. The molecule has 5 nitrogen and oxygen atoms in total. The Hall–Kier alpha value is -2.56. The van der Waals surface area contributed by atoms with Crippen LogP contribution in [0.4, 0.5) is 0 Å². The van der Waals surface area contributed by atoms with E-state index in [-0.39, 0.29) is 5.63 Å². The van der Waals surface area contributed by atoms with Crippen molar-refractivity contribution in [2.24, 2.45) is 0 Å². The van der Waals surface area contributed by atoms with E-state index >= 15 is 0 Å². The van der Waals surface area contributed by atoms with Crippen molar-refractivity contribution in [3.63, 3.8) is 0 Å². The van der Waals surface area contributed by atoms with Crippen molar-refractivity contribution in [1.29, 1.82) is 0 Å². The molecule has 0 aliphatic heterocycles. The van der Waals surface area contributed by atoms with Crippen LogP contribution >= 0.6 is 0 Å². The van der Waals surface area contributed by atoms with Gasteiger partial charge in [0, 0.05) is 30.3 Å². The minimum atomic E-state index is -0.340. The number of hydrogen-bond donors (Lipinski definition) is 0. The van der Waals surface area contributed by atoms with E-state index in [9.17, 15) is 4.79 Å². The summed E-state index contributed by atoms with van der Waals surface area (Å²) in [6.07, 6.45) is 8.43. The van der Waals surface area contributed by atoms with Gasteiger partial charge in [-0.3, -0.25) is 0 Å². The van der Waals surface area contributed by atoms with E-state index in [4.69, 9.17) is 9.15 Å². The van der Waals surface area contributed by atoms with E-state index in [1.807, 2.05) is 25.4 Å². The maximum atomic E-state index is 11.2. The number of fused-ring (bicyclic) bond motifs is 1. The normalized spacial score (nSPS) is 11.0. The highest BCUT2D eigenvalue weighted by atomic mass is 16.5. The summed E-state index contributed by atoms with van der Waals surface area (Å²) < 4.78 is 13.0. The zero-order chi connectivity index (χ0) is 16.8. The first kappa shape index (κ1) is 16.3. The number of imidazole rings is 1. The van der Waals surface area contributed by atoms with E-state index in [1.165, 1.54) is 12.5 Å². The summed E-state index contributed by atoms with van der Waals surface area (Å²) >= 11 is 0. The Labute approximate surface area is 140 Å². The van der Waals surface area contributed by atoms with Crippen molar-refractivity contribution >= 4 is 11.0 Å². The highest BCUT2D eigenvalue weighted by Crippen LogP contribution is 2.19. The third-order valence-electron chi connectivity index (χ3n) is 3.94. The topological polar surface area (TPSA) is 57.3 Å². The molecule has 0 unspecified atom stereocenters. The van der Waals surface area contributed by atoms with E-state index in [2.05, 4.69) is 15.7 Å². The van der Waals surface area contributed by atoms with Gasteiger partial charge in [-0.2, -0.15) is 0 Å². The van der Waals surface area contributed by atoms with Crippen molar-refractivity contribution < 1.29 is 9.15 Å². The minimum Gasteiger partial charge on any atom is -0.493 e. The number of ether oxygens (including phenoxy) is 1. The van der Waals surface area contributed by atoms with Crippen molar-refractivity contribution in [3.05, 3.63) is 59.0 Å². The van der Waals surface area contributed by atoms with Crippen LogP contribution in [0.2, 0.25) is 0 Å². The van der Waals surface area contributed by atoms with Crippen LogP contribution in [0.15, 0.2) is 52.1 Å². The van der Waals surface area contributed by atoms with Crippen LogP contribution in [0.5, 0.6) is 5.75 Å². The first-order valence-electron chi connectivity index (χ1n) is 8.36. The zero-order valence-electron chi connectivity index (χ0n) is 13.9. The summed E-state index contributed by atoms with van der Waals surface area (Å²) in [5.41, 5.74) is 1.29. The molecule has 2 aromatic heterocycles. The molecule has 0 spiro atoms. The average molecular weight is 326 g/mol. The Morgan fingerprint density at radius 3 is 2.79 bits per heavy atom. The summed E-state index contributed by atoms with van der Waals surface area (Å²) in [4.78, 5) is 15.5.